The number of aryl methyl sites for hydroxylation is 1. The van der Waals surface area contributed by atoms with Gasteiger partial charge in [0.15, 0.2) is 16.5 Å². The van der Waals surface area contributed by atoms with Gasteiger partial charge in [-0.3, -0.25) is 0 Å². The number of sulfonamides is 1. The van der Waals surface area contributed by atoms with Gasteiger partial charge in [-0.15, -0.1) is 0 Å². The van der Waals surface area contributed by atoms with E-state index in [2.05, 4.69) is 4.98 Å². The maximum atomic E-state index is 12.7. The molecule has 4 rings (SSSR count). The van der Waals surface area contributed by atoms with Gasteiger partial charge in [0.2, 0.25) is 6.79 Å². The Balaban J connectivity index is 1.39. The molecule has 0 spiro atoms. The number of benzene rings is 1. The van der Waals surface area contributed by atoms with Crippen LogP contribution in [0.2, 0.25) is 0 Å². The Bertz CT molecular complexity index is 897. The molecule has 0 aliphatic carbocycles. The van der Waals surface area contributed by atoms with E-state index in [0.717, 1.165) is 0 Å². The highest BCUT2D eigenvalue weighted by atomic mass is 32.2. The summed E-state index contributed by atoms with van der Waals surface area (Å²) in [5, 5.41) is 0.0392. The molecule has 0 N–H and O–H groups in total. The highest BCUT2D eigenvalue weighted by Gasteiger charge is 2.32. The second-order valence-electron chi connectivity index (χ2n) is 6.06. The predicted molar refractivity (Wildman–Crippen MR) is 89.8 cm³/mol. The first-order valence-electron chi connectivity index (χ1n) is 8.14. The van der Waals surface area contributed by atoms with Crippen molar-refractivity contribution in [3.05, 3.63) is 30.7 Å². The molecule has 1 saturated heterocycles. The summed E-state index contributed by atoms with van der Waals surface area (Å²) < 4.78 is 50.3. The molecule has 1 aromatic heterocycles. The second kappa shape index (κ2) is 6.78. The molecule has 1 fully saturated rings. The summed E-state index contributed by atoms with van der Waals surface area (Å²) in [5.74, 6) is 1.92. The first kappa shape index (κ1) is 17.1. The minimum Gasteiger partial charge on any atom is -0.491 e. The number of ether oxygens (including phenoxy) is 4. The molecule has 9 nitrogen and oxygen atoms in total. The molecule has 0 bridgehead atoms. The van der Waals surface area contributed by atoms with E-state index >= 15 is 0 Å². The zero-order chi connectivity index (χ0) is 18.1. The summed E-state index contributed by atoms with van der Waals surface area (Å²) in [5.41, 5.74) is 0. The third-order valence-corrected chi connectivity index (χ3v) is 5.92. The number of rotatable bonds is 5. The molecule has 0 amide bonds. The SMILES string of the molecule is Cn1cnc(S(=O)(=O)N2CCOC(COc3ccc4c(c3)OCO4)C2)c1. The first-order valence-corrected chi connectivity index (χ1v) is 9.58. The van der Waals surface area contributed by atoms with E-state index in [4.69, 9.17) is 18.9 Å². The number of fused-ring (bicyclic) bond motifs is 1. The van der Waals surface area contributed by atoms with Crippen LogP contribution in [0.4, 0.5) is 0 Å². The third-order valence-electron chi connectivity index (χ3n) is 4.17. The Morgan fingerprint density at radius 1 is 1.31 bits per heavy atom. The summed E-state index contributed by atoms with van der Waals surface area (Å²) in [6.07, 6.45) is 2.59. The van der Waals surface area contributed by atoms with E-state index in [-0.39, 0.29) is 31.1 Å². The van der Waals surface area contributed by atoms with E-state index in [1.165, 1.54) is 16.8 Å². The van der Waals surface area contributed by atoms with Gasteiger partial charge in [0, 0.05) is 32.4 Å². The van der Waals surface area contributed by atoms with Crippen molar-refractivity contribution >= 4 is 10.0 Å². The quantitative estimate of drug-likeness (QED) is 0.750. The van der Waals surface area contributed by atoms with Crippen LogP contribution in [0.1, 0.15) is 0 Å². The lowest BCUT2D eigenvalue weighted by Gasteiger charge is -2.31. The van der Waals surface area contributed by atoms with Crippen molar-refractivity contribution in [3.8, 4) is 17.2 Å². The molecule has 10 heteroatoms. The van der Waals surface area contributed by atoms with Gasteiger partial charge in [-0.1, -0.05) is 0 Å². The molecule has 1 aromatic carbocycles. The average Bonchev–Trinajstić information content (AvgIpc) is 3.28. The van der Waals surface area contributed by atoms with Crippen molar-refractivity contribution in [2.45, 2.75) is 11.1 Å². The largest absolute Gasteiger partial charge is 0.491 e. The van der Waals surface area contributed by atoms with Crippen LogP contribution in [-0.2, 0) is 21.8 Å². The van der Waals surface area contributed by atoms with Crippen molar-refractivity contribution in [1.82, 2.24) is 13.9 Å². The molecule has 1 unspecified atom stereocenters. The van der Waals surface area contributed by atoms with Gasteiger partial charge in [0.05, 0.1) is 12.9 Å². The molecule has 1 atom stereocenters. The maximum Gasteiger partial charge on any atom is 0.262 e. The first-order chi connectivity index (χ1) is 12.5. The van der Waals surface area contributed by atoms with Crippen LogP contribution >= 0.6 is 0 Å². The van der Waals surface area contributed by atoms with Gasteiger partial charge in [-0.2, -0.15) is 4.31 Å². The van der Waals surface area contributed by atoms with E-state index < -0.39 is 10.0 Å². The Kier molecular flexibility index (Phi) is 4.47. The standard InChI is InChI=1S/C16H19N3O6S/c1-18-8-16(17-10-18)26(20,21)19-4-5-22-13(7-19)9-23-12-2-3-14-15(6-12)25-11-24-14/h2-3,6,8,10,13H,4-5,7,9,11H2,1H3. The minimum atomic E-state index is -3.64. The van der Waals surface area contributed by atoms with Crippen LogP contribution in [-0.4, -0.2) is 61.5 Å². The van der Waals surface area contributed by atoms with Crippen molar-refractivity contribution in [1.29, 1.82) is 0 Å². The van der Waals surface area contributed by atoms with Crippen molar-refractivity contribution < 1.29 is 27.4 Å². The number of aromatic nitrogens is 2. The fourth-order valence-electron chi connectivity index (χ4n) is 2.82. The van der Waals surface area contributed by atoms with Crippen LogP contribution in [0.5, 0.6) is 17.2 Å². The lowest BCUT2D eigenvalue weighted by atomic mass is 10.3. The van der Waals surface area contributed by atoms with Crippen LogP contribution in [0.25, 0.3) is 0 Å². The van der Waals surface area contributed by atoms with Crippen molar-refractivity contribution in [2.24, 2.45) is 7.05 Å². The molecular formula is C16H19N3O6S. The van der Waals surface area contributed by atoms with Gasteiger partial charge in [0.25, 0.3) is 10.0 Å². The number of morpholine rings is 1. The van der Waals surface area contributed by atoms with Gasteiger partial charge in [-0.05, 0) is 12.1 Å². The second-order valence-corrected chi connectivity index (χ2v) is 7.94. The van der Waals surface area contributed by atoms with E-state index in [0.29, 0.717) is 30.4 Å². The molecule has 0 radical (unpaired) electrons. The molecule has 0 saturated carbocycles. The molecule has 2 aromatic rings. The Morgan fingerprint density at radius 3 is 2.96 bits per heavy atom. The van der Waals surface area contributed by atoms with Gasteiger partial charge in [-0.25, -0.2) is 13.4 Å². The van der Waals surface area contributed by atoms with Gasteiger partial charge < -0.3 is 23.5 Å². The average molecular weight is 381 g/mol. The fourth-order valence-corrected chi connectivity index (χ4v) is 4.24. The highest BCUT2D eigenvalue weighted by molar-refractivity contribution is 7.89. The maximum absolute atomic E-state index is 12.7. The molecule has 3 heterocycles. The number of imidazole rings is 1. The minimum absolute atomic E-state index is 0.0392. The number of hydrogen-bond donors (Lipinski definition) is 0. The van der Waals surface area contributed by atoms with Crippen molar-refractivity contribution in [2.75, 3.05) is 33.1 Å². The summed E-state index contributed by atoms with van der Waals surface area (Å²) in [6.45, 7) is 1.24. The molecular weight excluding hydrogens is 362 g/mol. The van der Waals surface area contributed by atoms with Crippen LogP contribution in [0, 0.1) is 0 Å². The lowest BCUT2D eigenvalue weighted by molar-refractivity contribution is -0.0250. The normalized spacial score (nSPS) is 20.3. The Morgan fingerprint density at radius 2 is 2.15 bits per heavy atom. The molecule has 2 aliphatic rings. The lowest BCUT2D eigenvalue weighted by Crippen LogP contribution is -2.47. The van der Waals surface area contributed by atoms with Crippen LogP contribution in [0.15, 0.2) is 35.7 Å². The summed E-state index contributed by atoms with van der Waals surface area (Å²) >= 11 is 0. The number of hydrogen-bond acceptors (Lipinski definition) is 7. The topological polar surface area (TPSA) is 92.1 Å². The van der Waals surface area contributed by atoms with E-state index in [9.17, 15) is 8.42 Å². The molecule has 26 heavy (non-hydrogen) atoms. The van der Waals surface area contributed by atoms with E-state index in [1.807, 2.05) is 0 Å². The van der Waals surface area contributed by atoms with E-state index in [1.54, 1.807) is 29.8 Å². The molecule has 140 valence electrons. The Hall–Kier alpha value is -2.30. The van der Waals surface area contributed by atoms with Crippen LogP contribution in [0.3, 0.4) is 0 Å². The monoisotopic (exact) mass is 381 g/mol. The zero-order valence-electron chi connectivity index (χ0n) is 14.2. The van der Waals surface area contributed by atoms with Crippen LogP contribution < -0.4 is 14.2 Å². The van der Waals surface area contributed by atoms with Gasteiger partial charge in [0.1, 0.15) is 18.5 Å². The van der Waals surface area contributed by atoms with Gasteiger partial charge >= 0.3 is 0 Å². The summed E-state index contributed by atoms with van der Waals surface area (Å²) in [4.78, 5) is 3.95. The fraction of sp³-hybridized carbons (Fsp3) is 0.438. The zero-order valence-corrected chi connectivity index (χ0v) is 15.0. The number of nitrogens with zero attached hydrogens (tertiary/aromatic N) is 3. The molecule has 2 aliphatic heterocycles. The Labute approximate surface area is 151 Å². The third kappa shape index (κ3) is 3.35. The highest BCUT2D eigenvalue weighted by Crippen LogP contribution is 2.35. The smallest absolute Gasteiger partial charge is 0.262 e. The summed E-state index contributed by atoms with van der Waals surface area (Å²) in [7, 11) is -1.91. The predicted octanol–water partition coefficient (Wildman–Crippen LogP) is 0.617. The van der Waals surface area contributed by atoms with Crippen molar-refractivity contribution in [3.63, 3.8) is 0 Å². The summed E-state index contributed by atoms with van der Waals surface area (Å²) in [6, 6.07) is 5.30.